The van der Waals surface area contributed by atoms with Crippen LogP contribution in [0.15, 0.2) is 41.1 Å². The van der Waals surface area contributed by atoms with Gasteiger partial charge in [-0.15, -0.1) is 0 Å². The van der Waals surface area contributed by atoms with Crippen molar-refractivity contribution in [1.29, 1.82) is 0 Å². The van der Waals surface area contributed by atoms with Crippen molar-refractivity contribution in [3.63, 3.8) is 0 Å². The number of aryl methyl sites for hydroxylation is 1. The van der Waals surface area contributed by atoms with Crippen molar-refractivity contribution in [2.45, 2.75) is 6.92 Å². The summed E-state index contributed by atoms with van der Waals surface area (Å²) < 4.78 is 2.42. The van der Waals surface area contributed by atoms with E-state index in [-0.39, 0.29) is 5.91 Å². The van der Waals surface area contributed by atoms with Crippen LogP contribution in [-0.2, 0) is 0 Å². The lowest BCUT2D eigenvalue weighted by Crippen LogP contribution is -2.13. The molecule has 21 heavy (non-hydrogen) atoms. The minimum atomic E-state index is -0.287. The van der Waals surface area contributed by atoms with Crippen LogP contribution < -0.4 is 5.32 Å². The number of anilines is 1. The second-order valence-electron chi connectivity index (χ2n) is 4.43. The number of carbonyl (C=O) groups is 1. The van der Waals surface area contributed by atoms with Gasteiger partial charge in [0, 0.05) is 16.9 Å². The van der Waals surface area contributed by atoms with Crippen LogP contribution in [0.5, 0.6) is 0 Å². The Hall–Kier alpha value is -1.92. The van der Waals surface area contributed by atoms with Crippen molar-refractivity contribution in [3.05, 3.63) is 57.4 Å². The summed E-state index contributed by atoms with van der Waals surface area (Å²) in [6.07, 6.45) is 3.37. The Morgan fingerprint density at radius 3 is 3.00 bits per heavy atom. The fraction of sp³-hybridized carbons (Fsp3) is 0.0714. The summed E-state index contributed by atoms with van der Waals surface area (Å²) in [7, 11) is 0. The van der Waals surface area contributed by atoms with Crippen LogP contribution in [0.4, 0.5) is 5.69 Å². The Labute approximate surface area is 134 Å². The van der Waals surface area contributed by atoms with Gasteiger partial charge in [0.1, 0.15) is 5.56 Å². The Morgan fingerprint density at radius 1 is 1.43 bits per heavy atom. The second-order valence-corrected chi connectivity index (χ2v) is 5.75. The molecule has 0 aliphatic rings. The summed E-state index contributed by atoms with van der Waals surface area (Å²) in [4.78, 5) is 16.7. The number of aromatic nitrogens is 3. The van der Waals surface area contributed by atoms with Gasteiger partial charge in [-0.1, -0.05) is 27.5 Å². The molecule has 2 heterocycles. The molecular formula is C14H10BrClN4O. The second kappa shape index (κ2) is 5.46. The highest BCUT2D eigenvalue weighted by Crippen LogP contribution is 2.26. The minimum absolute atomic E-state index is 0.287. The van der Waals surface area contributed by atoms with Gasteiger partial charge >= 0.3 is 0 Å². The molecule has 0 aliphatic carbocycles. The van der Waals surface area contributed by atoms with Crippen LogP contribution in [0.1, 0.15) is 16.1 Å². The molecule has 0 fully saturated rings. The molecule has 0 radical (unpaired) electrons. The highest BCUT2D eigenvalue weighted by molar-refractivity contribution is 9.10. The molecule has 0 atom stereocenters. The zero-order valence-corrected chi connectivity index (χ0v) is 13.3. The van der Waals surface area contributed by atoms with E-state index in [9.17, 15) is 4.79 Å². The third-order valence-corrected chi connectivity index (χ3v) is 3.78. The summed E-state index contributed by atoms with van der Waals surface area (Å²) in [6.45, 7) is 1.77. The number of hydrogen-bond donors (Lipinski definition) is 1. The van der Waals surface area contributed by atoms with E-state index in [2.05, 4.69) is 31.3 Å². The molecule has 0 spiro atoms. The van der Waals surface area contributed by atoms with Gasteiger partial charge in [-0.2, -0.15) is 5.10 Å². The van der Waals surface area contributed by atoms with Gasteiger partial charge in [-0.05, 0) is 31.2 Å². The predicted octanol–water partition coefficient (Wildman–Crippen LogP) is 3.71. The molecule has 1 N–H and O–H groups in total. The third-order valence-electron chi connectivity index (χ3n) is 2.98. The molecule has 0 aliphatic heterocycles. The number of amides is 1. The maximum Gasteiger partial charge on any atom is 0.261 e. The molecule has 3 rings (SSSR count). The number of nitrogens with zero attached hydrogens (tertiary/aromatic N) is 3. The molecule has 0 saturated heterocycles. The Morgan fingerprint density at radius 2 is 2.24 bits per heavy atom. The molecule has 0 unspecified atom stereocenters. The lowest BCUT2D eigenvalue weighted by atomic mass is 10.2. The normalized spacial score (nSPS) is 10.8. The van der Waals surface area contributed by atoms with Gasteiger partial charge in [-0.3, -0.25) is 4.79 Å². The Kier molecular flexibility index (Phi) is 3.65. The van der Waals surface area contributed by atoms with Crippen LogP contribution in [-0.4, -0.2) is 20.5 Å². The van der Waals surface area contributed by atoms with E-state index in [1.54, 1.807) is 42.0 Å². The van der Waals surface area contributed by atoms with Gasteiger partial charge in [-0.25, -0.2) is 9.50 Å². The SMILES string of the molecule is Cc1nn2cccnc2c1C(=O)Nc1ccc(Br)cc1Cl. The summed E-state index contributed by atoms with van der Waals surface area (Å²) in [6, 6.07) is 7.02. The van der Waals surface area contributed by atoms with Crippen LogP contribution in [0.3, 0.4) is 0 Å². The molecule has 1 aromatic carbocycles. The van der Waals surface area contributed by atoms with Crippen molar-refractivity contribution < 1.29 is 4.79 Å². The lowest BCUT2D eigenvalue weighted by Gasteiger charge is -2.07. The number of benzene rings is 1. The number of hydrogen-bond acceptors (Lipinski definition) is 3. The number of nitrogens with one attached hydrogen (secondary N) is 1. The number of fused-ring (bicyclic) bond motifs is 1. The lowest BCUT2D eigenvalue weighted by molar-refractivity contribution is 0.102. The Balaban J connectivity index is 1.99. The smallest absolute Gasteiger partial charge is 0.261 e. The summed E-state index contributed by atoms with van der Waals surface area (Å²) in [5.41, 5.74) is 2.11. The maximum absolute atomic E-state index is 12.5. The molecule has 7 heteroatoms. The zero-order chi connectivity index (χ0) is 15.0. The molecule has 2 aromatic heterocycles. The molecule has 0 saturated carbocycles. The first-order valence-corrected chi connectivity index (χ1v) is 7.29. The minimum Gasteiger partial charge on any atom is -0.320 e. The fourth-order valence-corrected chi connectivity index (χ4v) is 2.76. The molecule has 5 nitrogen and oxygen atoms in total. The average Bonchev–Trinajstić information content (AvgIpc) is 2.77. The van der Waals surface area contributed by atoms with E-state index in [1.807, 2.05) is 6.07 Å². The predicted molar refractivity (Wildman–Crippen MR) is 84.8 cm³/mol. The van der Waals surface area contributed by atoms with E-state index < -0.39 is 0 Å². The van der Waals surface area contributed by atoms with Crippen molar-refractivity contribution in [1.82, 2.24) is 14.6 Å². The highest BCUT2D eigenvalue weighted by atomic mass is 79.9. The van der Waals surface area contributed by atoms with Crippen molar-refractivity contribution in [2.75, 3.05) is 5.32 Å². The maximum atomic E-state index is 12.5. The molecule has 3 aromatic rings. The van der Waals surface area contributed by atoms with E-state index >= 15 is 0 Å². The largest absolute Gasteiger partial charge is 0.320 e. The standard InChI is InChI=1S/C14H10BrClN4O/c1-8-12(13-17-5-2-6-20(13)19-8)14(21)18-11-4-3-9(15)7-10(11)16/h2-7H,1H3,(H,18,21). The summed E-state index contributed by atoms with van der Waals surface area (Å²) >= 11 is 9.44. The fourth-order valence-electron chi connectivity index (χ4n) is 2.04. The van der Waals surface area contributed by atoms with Crippen molar-refractivity contribution in [2.24, 2.45) is 0 Å². The van der Waals surface area contributed by atoms with Crippen LogP contribution in [0, 0.1) is 6.92 Å². The van der Waals surface area contributed by atoms with Gasteiger partial charge in [0.15, 0.2) is 5.65 Å². The van der Waals surface area contributed by atoms with Gasteiger partial charge in [0.25, 0.3) is 5.91 Å². The molecule has 1 amide bonds. The van der Waals surface area contributed by atoms with E-state index in [1.165, 1.54) is 0 Å². The van der Waals surface area contributed by atoms with E-state index in [0.717, 1.165) is 4.47 Å². The number of carbonyl (C=O) groups excluding carboxylic acids is 1. The quantitative estimate of drug-likeness (QED) is 0.753. The van der Waals surface area contributed by atoms with E-state index in [0.29, 0.717) is 27.6 Å². The number of halogens is 2. The van der Waals surface area contributed by atoms with Gasteiger partial charge in [0.05, 0.1) is 16.4 Å². The summed E-state index contributed by atoms with van der Waals surface area (Å²) in [5, 5.41) is 7.51. The zero-order valence-electron chi connectivity index (χ0n) is 11.0. The Bertz CT molecular complexity index is 846. The highest BCUT2D eigenvalue weighted by Gasteiger charge is 2.18. The molecule has 106 valence electrons. The number of rotatable bonds is 2. The van der Waals surface area contributed by atoms with Crippen molar-refractivity contribution in [3.8, 4) is 0 Å². The monoisotopic (exact) mass is 364 g/mol. The summed E-state index contributed by atoms with van der Waals surface area (Å²) in [5.74, 6) is -0.287. The van der Waals surface area contributed by atoms with Crippen LogP contribution in [0.25, 0.3) is 5.65 Å². The van der Waals surface area contributed by atoms with E-state index in [4.69, 9.17) is 11.6 Å². The first-order valence-electron chi connectivity index (χ1n) is 6.12. The van der Waals surface area contributed by atoms with Gasteiger partial charge in [0.2, 0.25) is 0 Å². The molecular weight excluding hydrogens is 356 g/mol. The third kappa shape index (κ3) is 2.64. The van der Waals surface area contributed by atoms with Gasteiger partial charge < -0.3 is 5.32 Å². The topological polar surface area (TPSA) is 59.3 Å². The first kappa shape index (κ1) is 14.0. The van der Waals surface area contributed by atoms with Crippen LogP contribution in [0.2, 0.25) is 5.02 Å². The van der Waals surface area contributed by atoms with Crippen molar-refractivity contribution >= 4 is 44.8 Å². The van der Waals surface area contributed by atoms with Crippen LogP contribution >= 0.6 is 27.5 Å². The first-order chi connectivity index (χ1) is 10.1. The average molecular weight is 366 g/mol. The molecule has 0 bridgehead atoms.